The third-order valence-electron chi connectivity index (χ3n) is 4.57. The zero-order valence-corrected chi connectivity index (χ0v) is 17.0. The zero-order chi connectivity index (χ0) is 20.5. The Balaban J connectivity index is 1.93. The maximum atomic E-state index is 12.2. The van der Waals surface area contributed by atoms with Gasteiger partial charge in [0.05, 0.1) is 7.11 Å². The monoisotopic (exact) mass is 387 g/mol. The molecule has 28 heavy (non-hydrogen) atoms. The average Bonchev–Trinajstić information content (AvgIpc) is 3.20. The van der Waals surface area contributed by atoms with Crippen LogP contribution in [0.3, 0.4) is 0 Å². The predicted molar refractivity (Wildman–Crippen MR) is 108 cm³/mol. The van der Waals surface area contributed by atoms with E-state index in [0.29, 0.717) is 35.9 Å². The number of amides is 1. The van der Waals surface area contributed by atoms with Gasteiger partial charge >= 0.3 is 0 Å². The average molecular weight is 387 g/mol. The second-order valence-corrected chi connectivity index (χ2v) is 6.40. The van der Waals surface area contributed by atoms with E-state index >= 15 is 0 Å². The first-order valence-electron chi connectivity index (χ1n) is 9.48. The van der Waals surface area contributed by atoms with Gasteiger partial charge < -0.3 is 24.7 Å². The van der Waals surface area contributed by atoms with E-state index in [4.69, 9.17) is 9.47 Å². The van der Waals surface area contributed by atoms with Crippen LogP contribution in [0.25, 0.3) is 0 Å². The number of ketones is 1. The molecule has 152 valence electrons. The second kappa shape index (κ2) is 10.5. The maximum Gasteiger partial charge on any atom is 0.267 e. The van der Waals surface area contributed by atoms with E-state index in [0.717, 1.165) is 25.2 Å². The largest absolute Gasteiger partial charge is 0.493 e. The molecule has 0 fully saturated rings. The van der Waals surface area contributed by atoms with Crippen molar-refractivity contribution in [2.24, 2.45) is 0 Å². The van der Waals surface area contributed by atoms with E-state index in [-0.39, 0.29) is 11.7 Å². The second-order valence-electron chi connectivity index (χ2n) is 6.40. The van der Waals surface area contributed by atoms with Gasteiger partial charge in [-0.1, -0.05) is 19.9 Å². The van der Waals surface area contributed by atoms with Crippen LogP contribution in [-0.4, -0.2) is 54.9 Å². The van der Waals surface area contributed by atoms with Gasteiger partial charge in [0, 0.05) is 24.8 Å². The number of H-pyrrole nitrogens is 1. The summed E-state index contributed by atoms with van der Waals surface area (Å²) in [5, 5.41) is 2.83. The number of rotatable bonds is 11. The Morgan fingerprint density at radius 2 is 1.89 bits per heavy atom. The molecule has 0 unspecified atom stereocenters. The number of benzene rings is 1. The van der Waals surface area contributed by atoms with Crippen molar-refractivity contribution in [3.05, 3.63) is 47.3 Å². The number of hydrogen-bond donors (Lipinski definition) is 2. The Labute approximate surface area is 166 Å². The quantitative estimate of drug-likeness (QED) is 0.579. The third kappa shape index (κ3) is 5.85. The Morgan fingerprint density at radius 3 is 2.50 bits per heavy atom. The highest BCUT2D eigenvalue weighted by Gasteiger charge is 2.12. The lowest BCUT2D eigenvalue weighted by Crippen LogP contribution is -2.28. The van der Waals surface area contributed by atoms with Crippen molar-refractivity contribution in [1.82, 2.24) is 15.2 Å². The van der Waals surface area contributed by atoms with Gasteiger partial charge in [-0.3, -0.25) is 9.59 Å². The fourth-order valence-corrected chi connectivity index (χ4v) is 2.77. The minimum atomic E-state index is -0.272. The molecular weight excluding hydrogens is 358 g/mol. The molecule has 0 saturated carbocycles. The van der Waals surface area contributed by atoms with Crippen LogP contribution in [-0.2, 0) is 6.54 Å². The van der Waals surface area contributed by atoms with Gasteiger partial charge in [0.2, 0.25) is 0 Å². The summed E-state index contributed by atoms with van der Waals surface area (Å²) in [5.41, 5.74) is 1.73. The van der Waals surface area contributed by atoms with E-state index in [1.165, 1.54) is 13.1 Å². The molecule has 2 rings (SSSR count). The topological polar surface area (TPSA) is 83.7 Å². The highest BCUT2D eigenvalue weighted by molar-refractivity contribution is 5.99. The molecule has 1 amide bonds. The standard InChI is InChI=1S/C21H29N3O4/c1-5-24(6-2)9-10-28-19-8-7-16(11-20(19)27-4)13-23-21(26)18-12-17(14-22-18)15(3)25/h7-8,11-12,14,22H,5-6,9-10,13H2,1-4H3,(H,23,26). The van der Waals surface area contributed by atoms with Crippen molar-refractivity contribution >= 4 is 11.7 Å². The van der Waals surface area contributed by atoms with Crippen LogP contribution in [0.2, 0.25) is 0 Å². The Morgan fingerprint density at radius 1 is 1.14 bits per heavy atom. The van der Waals surface area contributed by atoms with Crippen molar-refractivity contribution < 1.29 is 19.1 Å². The van der Waals surface area contributed by atoms with Crippen LogP contribution in [0, 0.1) is 0 Å². The van der Waals surface area contributed by atoms with Crippen LogP contribution >= 0.6 is 0 Å². The molecule has 0 aliphatic heterocycles. The summed E-state index contributed by atoms with van der Waals surface area (Å²) in [6.45, 7) is 9.47. The number of carbonyl (C=O) groups excluding carboxylic acids is 2. The fourth-order valence-electron chi connectivity index (χ4n) is 2.77. The third-order valence-corrected chi connectivity index (χ3v) is 4.57. The first-order valence-corrected chi connectivity index (χ1v) is 9.48. The molecule has 0 radical (unpaired) electrons. The summed E-state index contributed by atoms with van der Waals surface area (Å²) in [6.07, 6.45) is 1.53. The summed E-state index contributed by atoms with van der Waals surface area (Å²) < 4.78 is 11.3. The molecular formula is C21H29N3O4. The van der Waals surface area contributed by atoms with Gasteiger partial charge in [0.25, 0.3) is 5.91 Å². The molecule has 1 aromatic carbocycles. The molecule has 0 aliphatic carbocycles. The molecule has 0 atom stereocenters. The predicted octanol–water partition coefficient (Wildman–Crippen LogP) is 2.88. The summed E-state index contributed by atoms with van der Waals surface area (Å²) in [7, 11) is 1.59. The number of aromatic amines is 1. The highest BCUT2D eigenvalue weighted by atomic mass is 16.5. The maximum absolute atomic E-state index is 12.2. The van der Waals surface area contributed by atoms with E-state index in [1.807, 2.05) is 18.2 Å². The lowest BCUT2D eigenvalue weighted by molar-refractivity contribution is 0.0946. The first kappa shape index (κ1) is 21.5. The molecule has 0 bridgehead atoms. The van der Waals surface area contributed by atoms with E-state index in [1.54, 1.807) is 13.2 Å². The number of hydrogen-bond acceptors (Lipinski definition) is 5. The Bertz CT molecular complexity index is 797. The number of carbonyl (C=O) groups is 2. The SMILES string of the molecule is CCN(CC)CCOc1ccc(CNC(=O)c2cc(C(C)=O)c[nH]2)cc1OC. The van der Waals surface area contributed by atoms with Crippen LogP contribution in [0.4, 0.5) is 0 Å². The van der Waals surface area contributed by atoms with Crippen LogP contribution in [0.5, 0.6) is 11.5 Å². The van der Waals surface area contributed by atoms with Gasteiger partial charge in [-0.25, -0.2) is 0 Å². The summed E-state index contributed by atoms with van der Waals surface area (Å²) in [6, 6.07) is 7.14. The number of likely N-dealkylation sites (N-methyl/N-ethyl adjacent to an activating group) is 1. The van der Waals surface area contributed by atoms with Crippen LogP contribution in [0.1, 0.15) is 47.2 Å². The van der Waals surface area contributed by atoms with Gasteiger partial charge in [-0.2, -0.15) is 0 Å². The molecule has 7 heteroatoms. The van der Waals surface area contributed by atoms with Gasteiger partial charge in [-0.05, 0) is 43.8 Å². The van der Waals surface area contributed by atoms with Crippen molar-refractivity contribution in [1.29, 1.82) is 0 Å². The molecule has 1 aromatic heterocycles. The molecule has 0 spiro atoms. The van der Waals surface area contributed by atoms with Crippen LogP contribution < -0.4 is 14.8 Å². The van der Waals surface area contributed by atoms with Gasteiger partial charge in [0.15, 0.2) is 17.3 Å². The van der Waals surface area contributed by atoms with Gasteiger partial charge in [-0.15, -0.1) is 0 Å². The number of nitrogens with one attached hydrogen (secondary N) is 2. The molecule has 2 aromatic rings. The molecule has 7 nitrogen and oxygen atoms in total. The number of nitrogens with zero attached hydrogens (tertiary/aromatic N) is 1. The smallest absolute Gasteiger partial charge is 0.267 e. The zero-order valence-electron chi connectivity index (χ0n) is 17.0. The molecule has 0 saturated heterocycles. The number of aromatic nitrogens is 1. The minimum absolute atomic E-state index is 0.0865. The molecule has 0 aliphatic rings. The van der Waals surface area contributed by atoms with E-state index in [2.05, 4.69) is 29.0 Å². The van der Waals surface area contributed by atoms with Crippen molar-refractivity contribution in [2.45, 2.75) is 27.3 Å². The summed E-state index contributed by atoms with van der Waals surface area (Å²) in [4.78, 5) is 28.7. The number of ether oxygens (including phenoxy) is 2. The molecule has 1 heterocycles. The van der Waals surface area contributed by atoms with Gasteiger partial charge in [0.1, 0.15) is 12.3 Å². The van der Waals surface area contributed by atoms with Crippen LogP contribution in [0.15, 0.2) is 30.5 Å². The van der Waals surface area contributed by atoms with E-state index < -0.39 is 0 Å². The number of Topliss-reactive ketones (excluding diaryl/α,β-unsaturated/α-hetero) is 1. The number of methoxy groups -OCH3 is 1. The summed E-state index contributed by atoms with van der Waals surface area (Å²) >= 11 is 0. The van der Waals surface area contributed by atoms with Crippen molar-refractivity contribution in [3.8, 4) is 11.5 Å². The lowest BCUT2D eigenvalue weighted by Gasteiger charge is -2.19. The minimum Gasteiger partial charge on any atom is -0.493 e. The lowest BCUT2D eigenvalue weighted by atomic mass is 10.2. The van der Waals surface area contributed by atoms with Crippen molar-refractivity contribution in [2.75, 3.05) is 33.4 Å². The van der Waals surface area contributed by atoms with Crippen molar-refractivity contribution in [3.63, 3.8) is 0 Å². The Hall–Kier alpha value is -2.80. The fraction of sp³-hybridized carbons (Fsp3) is 0.429. The Kier molecular flexibility index (Phi) is 8.07. The summed E-state index contributed by atoms with van der Waals surface area (Å²) in [5.74, 6) is 0.952. The van der Waals surface area contributed by atoms with E-state index in [9.17, 15) is 9.59 Å². The normalized spacial score (nSPS) is 10.8. The molecule has 2 N–H and O–H groups in total. The highest BCUT2D eigenvalue weighted by Crippen LogP contribution is 2.28. The first-order chi connectivity index (χ1) is 13.5.